The van der Waals surface area contributed by atoms with Crippen molar-refractivity contribution >= 4 is 0 Å². The first-order chi connectivity index (χ1) is 8.29. The Morgan fingerprint density at radius 3 is 2.94 bits per heavy atom. The zero-order valence-corrected chi connectivity index (χ0v) is 10.1. The predicted molar refractivity (Wildman–Crippen MR) is 64.4 cm³/mol. The molecule has 0 aliphatic heterocycles. The average molecular weight is 234 g/mol. The van der Waals surface area contributed by atoms with E-state index in [0.29, 0.717) is 6.54 Å². The standard InChI is InChI=1S/C11H18N6/c1-10-13-5-6-16(10)7-8-17-9-11(14-15-17)3-2-4-12/h5-6,9H,2-4,7-8,12H2,1H3. The van der Waals surface area contributed by atoms with Crippen LogP contribution >= 0.6 is 0 Å². The lowest BCUT2D eigenvalue weighted by Crippen LogP contribution is -2.08. The summed E-state index contributed by atoms with van der Waals surface area (Å²) in [5.41, 5.74) is 6.47. The summed E-state index contributed by atoms with van der Waals surface area (Å²) in [7, 11) is 0. The van der Waals surface area contributed by atoms with Gasteiger partial charge >= 0.3 is 0 Å². The van der Waals surface area contributed by atoms with Crippen molar-refractivity contribution in [3.05, 3.63) is 30.1 Å². The zero-order valence-electron chi connectivity index (χ0n) is 10.1. The summed E-state index contributed by atoms with van der Waals surface area (Å²) in [4.78, 5) is 4.18. The molecule has 0 atom stereocenters. The molecule has 0 saturated heterocycles. The van der Waals surface area contributed by atoms with Crippen molar-refractivity contribution in [3.63, 3.8) is 0 Å². The summed E-state index contributed by atoms with van der Waals surface area (Å²) >= 11 is 0. The molecule has 0 aliphatic carbocycles. The second-order valence-corrected chi connectivity index (χ2v) is 4.03. The lowest BCUT2D eigenvalue weighted by atomic mass is 10.2. The SMILES string of the molecule is Cc1nccn1CCn1cc(CCCN)nn1. The first-order valence-electron chi connectivity index (χ1n) is 5.86. The number of hydrogen-bond donors (Lipinski definition) is 1. The van der Waals surface area contributed by atoms with Crippen LogP contribution in [0.15, 0.2) is 18.6 Å². The largest absolute Gasteiger partial charge is 0.333 e. The lowest BCUT2D eigenvalue weighted by molar-refractivity contribution is 0.513. The van der Waals surface area contributed by atoms with E-state index in [4.69, 9.17) is 5.73 Å². The number of rotatable bonds is 6. The fourth-order valence-electron chi connectivity index (χ4n) is 1.70. The highest BCUT2D eigenvalue weighted by atomic mass is 15.4. The van der Waals surface area contributed by atoms with E-state index >= 15 is 0 Å². The second-order valence-electron chi connectivity index (χ2n) is 4.03. The Bertz CT molecular complexity index is 458. The third kappa shape index (κ3) is 3.13. The topological polar surface area (TPSA) is 74.5 Å². The van der Waals surface area contributed by atoms with Gasteiger partial charge in [-0.2, -0.15) is 0 Å². The number of hydrogen-bond acceptors (Lipinski definition) is 4. The normalized spacial score (nSPS) is 10.9. The van der Waals surface area contributed by atoms with E-state index in [1.807, 2.05) is 30.2 Å². The maximum atomic E-state index is 5.46. The van der Waals surface area contributed by atoms with Crippen molar-refractivity contribution in [2.75, 3.05) is 6.54 Å². The fraction of sp³-hybridized carbons (Fsp3) is 0.545. The van der Waals surface area contributed by atoms with Gasteiger partial charge in [-0.1, -0.05) is 5.21 Å². The zero-order chi connectivity index (χ0) is 12.1. The summed E-state index contributed by atoms with van der Waals surface area (Å²) in [6, 6.07) is 0. The molecule has 17 heavy (non-hydrogen) atoms. The third-order valence-corrected chi connectivity index (χ3v) is 2.72. The highest BCUT2D eigenvalue weighted by Crippen LogP contribution is 1.99. The van der Waals surface area contributed by atoms with Crippen LogP contribution in [0.3, 0.4) is 0 Å². The van der Waals surface area contributed by atoms with Crippen LogP contribution in [0, 0.1) is 6.92 Å². The molecule has 0 aliphatic rings. The van der Waals surface area contributed by atoms with Crippen LogP contribution < -0.4 is 5.73 Å². The van der Waals surface area contributed by atoms with E-state index in [0.717, 1.165) is 37.4 Å². The van der Waals surface area contributed by atoms with E-state index in [2.05, 4.69) is 19.9 Å². The van der Waals surface area contributed by atoms with Gasteiger partial charge in [0.2, 0.25) is 0 Å². The van der Waals surface area contributed by atoms with E-state index in [1.54, 1.807) is 0 Å². The smallest absolute Gasteiger partial charge is 0.105 e. The molecule has 2 aromatic rings. The van der Waals surface area contributed by atoms with Gasteiger partial charge in [-0.05, 0) is 26.3 Å². The van der Waals surface area contributed by atoms with Gasteiger partial charge in [0, 0.05) is 25.1 Å². The van der Waals surface area contributed by atoms with Crippen LogP contribution in [-0.4, -0.2) is 31.1 Å². The molecular formula is C11H18N6. The average Bonchev–Trinajstić information content (AvgIpc) is 2.93. The Labute approximate surface area is 100 Å². The minimum Gasteiger partial charge on any atom is -0.333 e. The Kier molecular flexibility index (Phi) is 3.87. The molecular weight excluding hydrogens is 216 g/mol. The number of aryl methyl sites for hydroxylation is 4. The molecule has 0 fully saturated rings. The van der Waals surface area contributed by atoms with E-state index in [9.17, 15) is 0 Å². The van der Waals surface area contributed by atoms with Crippen LogP contribution in [-0.2, 0) is 19.5 Å². The van der Waals surface area contributed by atoms with Crippen LogP contribution in [0.2, 0.25) is 0 Å². The van der Waals surface area contributed by atoms with E-state index < -0.39 is 0 Å². The Morgan fingerprint density at radius 1 is 1.35 bits per heavy atom. The lowest BCUT2D eigenvalue weighted by Gasteiger charge is -2.03. The molecule has 6 heteroatoms. The molecule has 0 unspecified atom stereocenters. The van der Waals surface area contributed by atoms with Crippen molar-refractivity contribution in [3.8, 4) is 0 Å². The summed E-state index contributed by atoms with van der Waals surface area (Å²) < 4.78 is 3.96. The molecule has 2 heterocycles. The third-order valence-electron chi connectivity index (χ3n) is 2.72. The van der Waals surface area contributed by atoms with Gasteiger partial charge in [-0.3, -0.25) is 4.68 Å². The van der Waals surface area contributed by atoms with Gasteiger partial charge in [0.1, 0.15) is 5.82 Å². The summed E-state index contributed by atoms with van der Waals surface area (Å²) in [5.74, 6) is 1.02. The monoisotopic (exact) mass is 234 g/mol. The number of nitrogens with two attached hydrogens (primary N) is 1. The van der Waals surface area contributed by atoms with Crippen molar-refractivity contribution < 1.29 is 0 Å². The molecule has 2 rings (SSSR count). The van der Waals surface area contributed by atoms with Crippen molar-refractivity contribution in [1.82, 2.24) is 24.5 Å². The summed E-state index contributed by atoms with van der Waals surface area (Å²) in [6.45, 7) is 4.37. The van der Waals surface area contributed by atoms with E-state index in [1.165, 1.54) is 0 Å². The van der Waals surface area contributed by atoms with Gasteiger partial charge in [-0.25, -0.2) is 4.98 Å². The Balaban J connectivity index is 1.87. The minimum absolute atomic E-state index is 0.696. The number of imidazole rings is 1. The van der Waals surface area contributed by atoms with Crippen molar-refractivity contribution in [2.24, 2.45) is 5.73 Å². The first kappa shape index (κ1) is 11.8. The molecule has 0 aromatic carbocycles. The second kappa shape index (κ2) is 5.58. The molecule has 2 N–H and O–H groups in total. The van der Waals surface area contributed by atoms with Crippen molar-refractivity contribution in [1.29, 1.82) is 0 Å². The van der Waals surface area contributed by atoms with E-state index in [-0.39, 0.29) is 0 Å². The minimum atomic E-state index is 0.696. The molecule has 0 amide bonds. The molecule has 92 valence electrons. The highest BCUT2D eigenvalue weighted by molar-refractivity contribution is 4.93. The van der Waals surface area contributed by atoms with Crippen LogP contribution in [0.25, 0.3) is 0 Å². The maximum Gasteiger partial charge on any atom is 0.105 e. The van der Waals surface area contributed by atoms with Gasteiger partial charge in [0.15, 0.2) is 0 Å². The van der Waals surface area contributed by atoms with Crippen molar-refractivity contribution in [2.45, 2.75) is 32.9 Å². The quantitative estimate of drug-likeness (QED) is 0.784. The van der Waals surface area contributed by atoms with Gasteiger partial charge in [0.05, 0.1) is 12.2 Å². The fourth-order valence-corrected chi connectivity index (χ4v) is 1.70. The molecule has 0 saturated carbocycles. The number of aromatic nitrogens is 5. The molecule has 2 aromatic heterocycles. The number of nitrogens with zero attached hydrogens (tertiary/aromatic N) is 5. The van der Waals surface area contributed by atoms with Gasteiger partial charge < -0.3 is 10.3 Å². The Morgan fingerprint density at radius 2 is 2.24 bits per heavy atom. The predicted octanol–water partition coefficient (Wildman–Crippen LogP) is 0.375. The summed E-state index contributed by atoms with van der Waals surface area (Å²) in [5, 5.41) is 8.20. The molecule has 6 nitrogen and oxygen atoms in total. The summed E-state index contributed by atoms with van der Waals surface area (Å²) in [6.07, 6.45) is 7.63. The maximum absolute atomic E-state index is 5.46. The van der Waals surface area contributed by atoms with Gasteiger partial charge in [-0.15, -0.1) is 5.10 Å². The van der Waals surface area contributed by atoms with Gasteiger partial charge in [0.25, 0.3) is 0 Å². The van der Waals surface area contributed by atoms with Crippen LogP contribution in [0.5, 0.6) is 0 Å². The first-order valence-corrected chi connectivity index (χ1v) is 5.86. The highest BCUT2D eigenvalue weighted by Gasteiger charge is 2.01. The molecule has 0 radical (unpaired) electrons. The Hall–Kier alpha value is -1.69. The van der Waals surface area contributed by atoms with Crippen LogP contribution in [0.1, 0.15) is 17.9 Å². The molecule has 0 spiro atoms. The van der Waals surface area contributed by atoms with Crippen LogP contribution in [0.4, 0.5) is 0 Å². The molecule has 0 bridgehead atoms.